The molecule has 1 aliphatic rings. The fourth-order valence-electron chi connectivity index (χ4n) is 2.73. The van der Waals surface area contributed by atoms with E-state index in [1.54, 1.807) is 5.57 Å². The average Bonchev–Trinajstić information content (AvgIpc) is 2.76. The van der Waals surface area contributed by atoms with Gasteiger partial charge in [0.2, 0.25) is 0 Å². The van der Waals surface area contributed by atoms with Crippen LogP contribution in [0, 0.1) is 12.3 Å². The highest BCUT2D eigenvalue weighted by atomic mass is 16.3. The molecular formula is C16H26N2O. The van der Waals surface area contributed by atoms with E-state index in [0.29, 0.717) is 6.54 Å². The van der Waals surface area contributed by atoms with E-state index in [9.17, 15) is 0 Å². The van der Waals surface area contributed by atoms with Gasteiger partial charge < -0.3 is 10.2 Å². The van der Waals surface area contributed by atoms with Gasteiger partial charge >= 0.3 is 0 Å². The predicted octanol–water partition coefficient (Wildman–Crippen LogP) is 3.27. The second-order valence-electron chi connectivity index (χ2n) is 6.42. The van der Waals surface area contributed by atoms with Gasteiger partial charge in [0, 0.05) is 19.6 Å². The molecule has 0 spiro atoms. The van der Waals surface area contributed by atoms with Crippen LogP contribution in [-0.2, 0) is 0 Å². The van der Waals surface area contributed by atoms with E-state index in [-0.39, 0.29) is 11.5 Å². The topological polar surface area (TPSA) is 42.4 Å². The van der Waals surface area contributed by atoms with E-state index in [2.05, 4.69) is 37.8 Å². The molecular weight excluding hydrogens is 236 g/mol. The van der Waals surface area contributed by atoms with Crippen LogP contribution in [0.5, 0.6) is 0 Å². The zero-order chi connectivity index (χ0) is 14.0. The molecule has 1 unspecified atom stereocenters. The Morgan fingerprint density at radius 2 is 2.11 bits per heavy atom. The number of nitrogens with two attached hydrogens (primary N) is 1. The first-order chi connectivity index (χ1) is 8.91. The Bertz CT molecular complexity index is 454. The summed E-state index contributed by atoms with van der Waals surface area (Å²) in [6, 6.07) is 4.26. The van der Waals surface area contributed by atoms with Gasteiger partial charge in [-0.3, -0.25) is 4.90 Å². The predicted molar refractivity (Wildman–Crippen MR) is 79.0 cm³/mol. The Morgan fingerprint density at radius 3 is 2.53 bits per heavy atom. The smallest absolute Gasteiger partial charge is 0.122 e. The first-order valence-electron chi connectivity index (χ1n) is 7.12. The van der Waals surface area contributed by atoms with Gasteiger partial charge in [0.1, 0.15) is 11.5 Å². The molecule has 1 aromatic rings. The van der Waals surface area contributed by atoms with Crippen LogP contribution in [0.3, 0.4) is 0 Å². The lowest BCUT2D eigenvalue weighted by atomic mass is 9.82. The maximum Gasteiger partial charge on any atom is 0.122 e. The summed E-state index contributed by atoms with van der Waals surface area (Å²) in [5.74, 6) is 1.95. The minimum absolute atomic E-state index is 0.200. The molecule has 0 amide bonds. The number of furan rings is 1. The summed E-state index contributed by atoms with van der Waals surface area (Å²) in [5.41, 5.74) is 7.78. The van der Waals surface area contributed by atoms with Crippen LogP contribution in [0.15, 0.2) is 28.2 Å². The molecule has 1 atom stereocenters. The number of nitrogens with zero attached hydrogens (tertiary/aromatic N) is 1. The SMILES string of the molecule is Cc1ccc(C(CN)N2CC=C(C(C)(C)C)CC2)o1. The standard InChI is InChI=1S/C16H26N2O/c1-12-5-6-15(19-12)14(11-17)18-9-7-13(8-10-18)16(2,3)4/h5-7,14H,8-11,17H2,1-4H3. The fourth-order valence-corrected chi connectivity index (χ4v) is 2.73. The third-order valence-corrected chi connectivity index (χ3v) is 3.96. The molecule has 3 heteroatoms. The molecule has 0 saturated heterocycles. The summed E-state index contributed by atoms with van der Waals surface area (Å²) in [4.78, 5) is 2.41. The van der Waals surface area contributed by atoms with Crippen LogP contribution in [0.1, 0.15) is 44.8 Å². The average molecular weight is 262 g/mol. The van der Waals surface area contributed by atoms with E-state index >= 15 is 0 Å². The summed E-state index contributed by atoms with van der Waals surface area (Å²) in [5, 5.41) is 0. The minimum Gasteiger partial charge on any atom is -0.465 e. The maximum atomic E-state index is 5.94. The summed E-state index contributed by atoms with van der Waals surface area (Å²) in [6.07, 6.45) is 3.49. The van der Waals surface area contributed by atoms with Crippen molar-refractivity contribution in [3.8, 4) is 0 Å². The zero-order valence-corrected chi connectivity index (χ0v) is 12.6. The maximum absolute atomic E-state index is 5.94. The third-order valence-electron chi connectivity index (χ3n) is 3.96. The second kappa shape index (κ2) is 5.51. The van der Waals surface area contributed by atoms with Crippen LogP contribution in [0.25, 0.3) is 0 Å². The highest BCUT2D eigenvalue weighted by Gasteiger charge is 2.26. The van der Waals surface area contributed by atoms with Crippen LogP contribution in [0.4, 0.5) is 0 Å². The first-order valence-corrected chi connectivity index (χ1v) is 7.12. The fraction of sp³-hybridized carbons (Fsp3) is 0.625. The van der Waals surface area contributed by atoms with Crippen molar-refractivity contribution in [2.75, 3.05) is 19.6 Å². The van der Waals surface area contributed by atoms with Gasteiger partial charge in [-0.25, -0.2) is 0 Å². The van der Waals surface area contributed by atoms with Gasteiger partial charge in [0.15, 0.2) is 0 Å². The molecule has 106 valence electrons. The van der Waals surface area contributed by atoms with Crippen molar-refractivity contribution in [2.24, 2.45) is 11.1 Å². The Balaban J connectivity index is 2.09. The van der Waals surface area contributed by atoms with Crippen molar-refractivity contribution in [3.05, 3.63) is 35.3 Å². The van der Waals surface area contributed by atoms with Crippen molar-refractivity contribution >= 4 is 0 Å². The Morgan fingerprint density at radius 1 is 1.37 bits per heavy atom. The van der Waals surface area contributed by atoms with Crippen molar-refractivity contribution < 1.29 is 4.42 Å². The van der Waals surface area contributed by atoms with Gasteiger partial charge in [-0.1, -0.05) is 32.4 Å². The van der Waals surface area contributed by atoms with E-state index in [4.69, 9.17) is 10.2 Å². The second-order valence-corrected chi connectivity index (χ2v) is 6.42. The molecule has 0 bridgehead atoms. The summed E-state index contributed by atoms with van der Waals surface area (Å²) >= 11 is 0. The lowest BCUT2D eigenvalue weighted by Gasteiger charge is -2.35. The van der Waals surface area contributed by atoms with Gasteiger partial charge in [0.05, 0.1) is 6.04 Å². The molecule has 2 heterocycles. The van der Waals surface area contributed by atoms with Gasteiger partial charge in [-0.05, 0) is 30.9 Å². The summed E-state index contributed by atoms with van der Waals surface area (Å²) < 4.78 is 5.74. The highest BCUT2D eigenvalue weighted by Crippen LogP contribution is 2.32. The van der Waals surface area contributed by atoms with E-state index in [1.807, 2.05) is 13.0 Å². The van der Waals surface area contributed by atoms with Crippen molar-refractivity contribution in [3.63, 3.8) is 0 Å². The van der Waals surface area contributed by atoms with E-state index < -0.39 is 0 Å². The Hall–Kier alpha value is -1.06. The monoisotopic (exact) mass is 262 g/mol. The zero-order valence-electron chi connectivity index (χ0n) is 12.6. The molecule has 2 N–H and O–H groups in total. The molecule has 2 rings (SSSR count). The number of hydrogen-bond acceptors (Lipinski definition) is 3. The summed E-state index contributed by atoms with van der Waals surface area (Å²) in [7, 11) is 0. The van der Waals surface area contributed by atoms with Crippen LogP contribution in [-0.4, -0.2) is 24.5 Å². The van der Waals surface area contributed by atoms with Gasteiger partial charge in [0.25, 0.3) is 0 Å². The molecule has 1 aromatic heterocycles. The normalized spacial score (nSPS) is 19.3. The molecule has 0 aliphatic carbocycles. The minimum atomic E-state index is 0.200. The Kier molecular flexibility index (Phi) is 4.16. The van der Waals surface area contributed by atoms with Crippen molar-refractivity contribution in [2.45, 2.75) is 40.2 Å². The lowest BCUT2D eigenvalue weighted by Crippen LogP contribution is -2.37. The molecule has 0 aromatic carbocycles. The highest BCUT2D eigenvalue weighted by molar-refractivity contribution is 5.17. The molecule has 3 nitrogen and oxygen atoms in total. The molecule has 19 heavy (non-hydrogen) atoms. The molecule has 0 fully saturated rings. The van der Waals surface area contributed by atoms with Crippen molar-refractivity contribution in [1.29, 1.82) is 0 Å². The number of rotatable bonds is 3. The van der Waals surface area contributed by atoms with Gasteiger partial charge in [-0.15, -0.1) is 0 Å². The largest absolute Gasteiger partial charge is 0.465 e. The van der Waals surface area contributed by atoms with Crippen LogP contribution < -0.4 is 5.73 Å². The van der Waals surface area contributed by atoms with Gasteiger partial charge in [-0.2, -0.15) is 0 Å². The number of hydrogen-bond donors (Lipinski definition) is 1. The number of aryl methyl sites for hydroxylation is 1. The third kappa shape index (κ3) is 3.28. The van der Waals surface area contributed by atoms with E-state index in [0.717, 1.165) is 31.0 Å². The van der Waals surface area contributed by atoms with Crippen LogP contribution >= 0.6 is 0 Å². The molecule has 0 radical (unpaired) electrons. The Labute approximate surface area is 116 Å². The van der Waals surface area contributed by atoms with E-state index in [1.165, 1.54) is 0 Å². The van der Waals surface area contributed by atoms with Crippen molar-refractivity contribution in [1.82, 2.24) is 4.90 Å². The molecule has 1 aliphatic heterocycles. The lowest BCUT2D eigenvalue weighted by molar-refractivity contribution is 0.185. The first kappa shape index (κ1) is 14.4. The van der Waals surface area contributed by atoms with Crippen LogP contribution in [0.2, 0.25) is 0 Å². The molecule has 0 saturated carbocycles. The summed E-state index contributed by atoms with van der Waals surface area (Å²) in [6.45, 7) is 11.5. The quantitative estimate of drug-likeness (QED) is 0.850.